The van der Waals surface area contributed by atoms with E-state index in [0.717, 1.165) is 34.4 Å². The molecular formula is C21H18N2OS. The zero-order chi connectivity index (χ0) is 17.1. The van der Waals surface area contributed by atoms with Gasteiger partial charge in [0.15, 0.2) is 5.78 Å². The Balaban J connectivity index is 1.63. The molecule has 4 heteroatoms. The highest BCUT2D eigenvalue weighted by Gasteiger charge is 2.16. The number of ketones is 1. The summed E-state index contributed by atoms with van der Waals surface area (Å²) >= 11 is 1.53. The van der Waals surface area contributed by atoms with Crippen molar-refractivity contribution in [2.24, 2.45) is 0 Å². The van der Waals surface area contributed by atoms with Crippen molar-refractivity contribution in [2.75, 3.05) is 0 Å². The molecule has 0 amide bonds. The molecule has 4 aromatic rings. The molecule has 2 aromatic heterocycles. The minimum atomic E-state index is 0.129. The number of aryl methyl sites for hydroxylation is 2. The van der Waals surface area contributed by atoms with Gasteiger partial charge in [-0.2, -0.15) is 0 Å². The smallest absolute Gasteiger partial charge is 0.171 e. The lowest BCUT2D eigenvalue weighted by Crippen LogP contribution is -2.03. The monoisotopic (exact) mass is 346 g/mol. The third kappa shape index (κ3) is 3.39. The Bertz CT molecular complexity index is 987. The van der Waals surface area contributed by atoms with Crippen molar-refractivity contribution >= 4 is 28.0 Å². The van der Waals surface area contributed by atoms with E-state index in [0.29, 0.717) is 6.42 Å². The molecule has 0 fully saturated rings. The zero-order valence-corrected chi connectivity index (χ0v) is 14.6. The summed E-state index contributed by atoms with van der Waals surface area (Å²) in [5.41, 5.74) is 3.20. The van der Waals surface area contributed by atoms with E-state index in [9.17, 15) is 4.79 Å². The van der Waals surface area contributed by atoms with Gasteiger partial charge >= 0.3 is 0 Å². The Morgan fingerprint density at radius 2 is 1.84 bits per heavy atom. The first-order chi connectivity index (χ1) is 12.3. The van der Waals surface area contributed by atoms with Gasteiger partial charge in [0.05, 0.1) is 6.42 Å². The molecule has 0 N–H and O–H groups in total. The highest BCUT2D eigenvalue weighted by Crippen LogP contribution is 2.23. The van der Waals surface area contributed by atoms with Crippen molar-refractivity contribution < 1.29 is 4.79 Å². The lowest BCUT2D eigenvalue weighted by molar-refractivity contribution is 0.0994. The van der Waals surface area contributed by atoms with Crippen LogP contribution in [0.15, 0.2) is 72.4 Å². The number of thiazole rings is 1. The van der Waals surface area contributed by atoms with E-state index in [1.807, 2.05) is 35.8 Å². The van der Waals surface area contributed by atoms with Crippen LogP contribution in [-0.4, -0.2) is 15.3 Å². The van der Waals surface area contributed by atoms with E-state index >= 15 is 0 Å². The molecule has 0 atom stereocenters. The maximum Gasteiger partial charge on any atom is 0.171 e. The molecule has 0 unspecified atom stereocenters. The first-order valence-electron chi connectivity index (χ1n) is 8.34. The van der Waals surface area contributed by atoms with Crippen LogP contribution in [0.25, 0.3) is 10.9 Å². The summed E-state index contributed by atoms with van der Waals surface area (Å²) < 4.78 is 2.19. The normalized spacial score (nSPS) is 11.0. The molecule has 3 nitrogen and oxygen atoms in total. The Morgan fingerprint density at radius 1 is 1.04 bits per heavy atom. The number of hydrogen-bond donors (Lipinski definition) is 0. The average Bonchev–Trinajstić information content (AvgIpc) is 3.28. The Labute approximate surface area is 150 Å². The van der Waals surface area contributed by atoms with Crippen LogP contribution in [0.2, 0.25) is 0 Å². The van der Waals surface area contributed by atoms with E-state index in [1.54, 1.807) is 6.20 Å². The van der Waals surface area contributed by atoms with Crippen LogP contribution in [0, 0.1) is 0 Å². The Hall–Kier alpha value is -2.72. The van der Waals surface area contributed by atoms with Gasteiger partial charge in [-0.15, -0.1) is 11.3 Å². The largest absolute Gasteiger partial charge is 0.346 e. The number of nitrogens with zero attached hydrogens (tertiary/aromatic N) is 2. The van der Waals surface area contributed by atoms with Crippen LogP contribution < -0.4 is 0 Å². The van der Waals surface area contributed by atoms with Gasteiger partial charge in [-0.1, -0.05) is 48.5 Å². The predicted octanol–water partition coefficient (Wildman–Crippen LogP) is 4.77. The summed E-state index contributed by atoms with van der Waals surface area (Å²) in [7, 11) is 0. The second-order valence-corrected chi connectivity index (χ2v) is 6.99. The fourth-order valence-electron chi connectivity index (χ4n) is 3.12. The van der Waals surface area contributed by atoms with E-state index in [1.165, 1.54) is 16.9 Å². The second kappa shape index (κ2) is 7.03. The molecule has 0 bridgehead atoms. The molecule has 0 aliphatic carbocycles. The third-order valence-corrected chi connectivity index (χ3v) is 5.15. The van der Waals surface area contributed by atoms with Gasteiger partial charge in [-0.05, 0) is 18.1 Å². The predicted molar refractivity (Wildman–Crippen MR) is 102 cm³/mol. The third-order valence-electron chi connectivity index (χ3n) is 4.37. The number of aromatic nitrogens is 2. The quantitative estimate of drug-likeness (QED) is 0.472. The molecule has 0 aliphatic heterocycles. The standard InChI is InChI=1S/C21H18N2OS/c24-20(14-21-22-11-13-25-21)18-15-23(19-9-5-4-8-17(18)19)12-10-16-6-2-1-3-7-16/h1-9,11,13,15H,10,12,14H2. The number of carbonyl (C=O) groups is 1. The fourth-order valence-corrected chi connectivity index (χ4v) is 3.74. The molecule has 0 saturated heterocycles. The van der Waals surface area contributed by atoms with Gasteiger partial charge < -0.3 is 4.57 Å². The summed E-state index contributed by atoms with van der Waals surface area (Å²) in [5, 5.41) is 3.80. The number of rotatable bonds is 6. The van der Waals surface area contributed by atoms with Crippen LogP contribution in [0.3, 0.4) is 0 Å². The minimum absolute atomic E-state index is 0.129. The number of carbonyl (C=O) groups excluding carboxylic acids is 1. The van der Waals surface area contributed by atoms with Crippen molar-refractivity contribution in [1.82, 2.24) is 9.55 Å². The second-order valence-electron chi connectivity index (χ2n) is 6.01. The molecular weight excluding hydrogens is 328 g/mol. The van der Waals surface area contributed by atoms with Crippen LogP contribution >= 0.6 is 11.3 Å². The topological polar surface area (TPSA) is 34.9 Å². The molecule has 4 rings (SSSR count). The summed E-state index contributed by atoms with van der Waals surface area (Å²) in [6, 6.07) is 18.6. The van der Waals surface area contributed by atoms with Gasteiger partial charge in [-0.25, -0.2) is 4.98 Å². The van der Waals surface area contributed by atoms with Gasteiger partial charge in [0, 0.05) is 40.8 Å². The Kier molecular flexibility index (Phi) is 4.44. The van der Waals surface area contributed by atoms with Crippen molar-refractivity contribution in [3.8, 4) is 0 Å². The summed E-state index contributed by atoms with van der Waals surface area (Å²) in [5.74, 6) is 0.129. The summed E-state index contributed by atoms with van der Waals surface area (Å²) in [4.78, 5) is 17.0. The maximum atomic E-state index is 12.8. The van der Waals surface area contributed by atoms with Crippen LogP contribution in [0.5, 0.6) is 0 Å². The molecule has 0 aliphatic rings. The van der Waals surface area contributed by atoms with Gasteiger partial charge in [-0.3, -0.25) is 4.79 Å². The highest BCUT2D eigenvalue weighted by atomic mass is 32.1. The number of Topliss-reactive ketones (excluding diaryl/α,β-unsaturated/α-hetero) is 1. The molecule has 0 spiro atoms. The van der Waals surface area contributed by atoms with E-state index < -0.39 is 0 Å². The molecule has 124 valence electrons. The highest BCUT2D eigenvalue weighted by molar-refractivity contribution is 7.09. The molecule has 2 heterocycles. The van der Waals surface area contributed by atoms with Crippen molar-refractivity contribution in [2.45, 2.75) is 19.4 Å². The zero-order valence-electron chi connectivity index (χ0n) is 13.8. The lowest BCUT2D eigenvalue weighted by atomic mass is 10.1. The first kappa shape index (κ1) is 15.8. The van der Waals surface area contributed by atoms with Crippen molar-refractivity contribution in [3.05, 3.63) is 88.5 Å². The lowest BCUT2D eigenvalue weighted by Gasteiger charge is -2.05. The minimum Gasteiger partial charge on any atom is -0.346 e. The SMILES string of the molecule is O=C(Cc1nccs1)c1cn(CCc2ccccc2)c2ccccc12. The van der Waals surface area contributed by atoms with Crippen LogP contribution in [-0.2, 0) is 19.4 Å². The molecule has 0 saturated carbocycles. The maximum absolute atomic E-state index is 12.8. The molecule has 2 aromatic carbocycles. The van der Waals surface area contributed by atoms with Crippen LogP contribution in [0.1, 0.15) is 20.9 Å². The van der Waals surface area contributed by atoms with Crippen LogP contribution in [0.4, 0.5) is 0 Å². The Morgan fingerprint density at radius 3 is 2.64 bits per heavy atom. The first-order valence-corrected chi connectivity index (χ1v) is 9.22. The van der Waals surface area contributed by atoms with Gasteiger partial charge in [0.25, 0.3) is 0 Å². The number of fused-ring (bicyclic) bond motifs is 1. The number of benzene rings is 2. The summed E-state index contributed by atoms with van der Waals surface area (Å²) in [6.07, 6.45) is 5.06. The number of para-hydroxylation sites is 1. The van der Waals surface area contributed by atoms with Gasteiger partial charge in [0.1, 0.15) is 5.01 Å². The molecule has 25 heavy (non-hydrogen) atoms. The van der Waals surface area contributed by atoms with Crippen molar-refractivity contribution in [3.63, 3.8) is 0 Å². The fraction of sp³-hybridized carbons (Fsp3) is 0.143. The van der Waals surface area contributed by atoms with Crippen molar-refractivity contribution in [1.29, 1.82) is 0 Å². The summed E-state index contributed by atoms with van der Waals surface area (Å²) in [6.45, 7) is 0.856. The van der Waals surface area contributed by atoms with Gasteiger partial charge in [0.2, 0.25) is 0 Å². The van der Waals surface area contributed by atoms with E-state index in [2.05, 4.69) is 39.9 Å². The van der Waals surface area contributed by atoms with E-state index in [-0.39, 0.29) is 5.78 Å². The molecule has 0 radical (unpaired) electrons. The average molecular weight is 346 g/mol. The number of hydrogen-bond acceptors (Lipinski definition) is 3. The van der Waals surface area contributed by atoms with E-state index in [4.69, 9.17) is 0 Å².